The van der Waals surface area contributed by atoms with Gasteiger partial charge in [0.2, 0.25) is 5.91 Å². The number of thiophene rings is 1. The molecule has 0 radical (unpaired) electrons. The minimum Gasteiger partial charge on any atom is -0.462 e. The van der Waals surface area contributed by atoms with E-state index in [1.54, 1.807) is 13.0 Å². The Kier molecular flexibility index (Phi) is 7.03. The Morgan fingerprint density at radius 3 is 2.40 bits per heavy atom. The van der Waals surface area contributed by atoms with Crippen molar-refractivity contribution in [3.63, 3.8) is 0 Å². The predicted octanol–water partition coefficient (Wildman–Crippen LogP) is 5.31. The average molecular weight is 421 g/mol. The van der Waals surface area contributed by atoms with Gasteiger partial charge >= 0.3 is 5.97 Å². The monoisotopic (exact) mass is 420 g/mol. The zero-order valence-electron chi connectivity index (χ0n) is 17.2. The molecule has 0 spiro atoms. The van der Waals surface area contributed by atoms with Crippen LogP contribution in [0, 0.1) is 0 Å². The van der Waals surface area contributed by atoms with Gasteiger partial charge < -0.3 is 15.0 Å². The third kappa shape index (κ3) is 5.15. The van der Waals surface area contributed by atoms with E-state index >= 15 is 0 Å². The fraction of sp³-hybridized carbons (Fsp3) is 0.167. The van der Waals surface area contributed by atoms with Crippen LogP contribution in [0.1, 0.15) is 22.8 Å². The van der Waals surface area contributed by atoms with Crippen molar-refractivity contribution in [1.82, 2.24) is 0 Å². The molecule has 1 amide bonds. The molecule has 1 N–H and O–H groups in total. The normalized spacial score (nSPS) is 10.8. The van der Waals surface area contributed by atoms with Crippen LogP contribution in [0.2, 0.25) is 0 Å². The summed E-state index contributed by atoms with van der Waals surface area (Å²) >= 11 is 1.31. The Labute approximate surface area is 180 Å². The second-order valence-corrected chi connectivity index (χ2v) is 7.63. The first-order chi connectivity index (χ1) is 14.5. The average Bonchev–Trinajstić information content (AvgIpc) is 3.17. The first kappa shape index (κ1) is 21.3. The molecule has 0 aliphatic rings. The minimum atomic E-state index is -0.448. The smallest absolute Gasteiger partial charge is 0.341 e. The lowest BCUT2D eigenvalue weighted by Gasteiger charge is -2.11. The summed E-state index contributed by atoms with van der Waals surface area (Å²) in [5, 5.41) is 5.16. The number of anilines is 2. The van der Waals surface area contributed by atoms with Gasteiger partial charge in [-0.2, -0.15) is 0 Å². The van der Waals surface area contributed by atoms with Gasteiger partial charge in [0.15, 0.2) is 0 Å². The fourth-order valence-electron chi connectivity index (χ4n) is 2.90. The predicted molar refractivity (Wildman–Crippen MR) is 124 cm³/mol. The zero-order chi connectivity index (χ0) is 21.5. The Morgan fingerprint density at radius 2 is 1.77 bits per heavy atom. The number of esters is 1. The molecule has 1 aromatic heterocycles. The van der Waals surface area contributed by atoms with Crippen LogP contribution >= 0.6 is 11.3 Å². The Hall–Kier alpha value is -3.38. The lowest BCUT2D eigenvalue weighted by atomic mass is 10.0. The standard InChI is InChI=1S/C24H24N2O3S/c1-4-29-24(28)22-20(18-8-6-5-7-9-18)16-30-23(22)25-21(27)15-12-17-10-13-19(14-11-17)26(2)3/h5-16H,4H2,1-3H3,(H,25,27)/b15-12+. The molecule has 0 atom stereocenters. The van der Waals surface area contributed by atoms with Crippen molar-refractivity contribution < 1.29 is 14.3 Å². The van der Waals surface area contributed by atoms with Crippen LogP contribution in [0.15, 0.2) is 66.1 Å². The van der Waals surface area contributed by atoms with Crippen LogP contribution in [0.4, 0.5) is 10.7 Å². The summed E-state index contributed by atoms with van der Waals surface area (Å²) in [6.45, 7) is 2.02. The van der Waals surface area contributed by atoms with E-state index in [0.29, 0.717) is 10.6 Å². The largest absolute Gasteiger partial charge is 0.462 e. The van der Waals surface area contributed by atoms with Crippen molar-refractivity contribution in [1.29, 1.82) is 0 Å². The van der Waals surface area contributed by atoms with E-state index in [0.717, 1.165) is 22.4 Å². The van der Waals surface area contributed by atoms with Crippen LogP contribution in [0.25, 0.3) is 17.2 Å². The molecule has 6 heteroatoms. The number of hydrogen-bond acceptors (Lipinski definition) is 5. The summed E-state index contributed by atoms with van der Waals surface area (Å²) in [6, 6.07) is 17.4. The van der Waals surface area contributed by atoms with Crippen molar-refractivity contribution in [3.8, 4) is 11.1 Å². The summed E-state index contributed by atoms with van der Waals surface area (Å²) in [5.74, 6) is -0.755. The molecule has 3 rings (SSSR count). The second-order valence-electron chi connectivity index (χ2n) is 6.75. The van der Waals surface area contributed by atoms with Gasteiger partial charge in [-0.05, 0) is 36.3 Å². The first-order valence-electron chi connectivity index (χ1n) is 9.60. The van der Waals surface area contributed by atoms with Gasteiger partial charge in [-0.3, -0.25) is 4.79 Å². The highest BCUT2D eigenvalue weighted by Crippen LogP contribution is 2.36. The molecule has 0 aliphatic heterocycles. The second kappa shape index (κ2) is 9.89. The van der Waals surface area contributed by atoms with Crippen LogP contribution in [0.3, 0.4) is 0 Å². The van der Waals surface area contributed by atoms with E-state index in [-0.39, 0.29) is 12.5 Å². The number of rotatable bonds is 7. The molecular weight excluding hydrogens is 396 g/mol. The van der Waals surface area contributed by atoms with Crippen LogP contribution in [-0.2, 0) is 9.53 Å². The number of benzene rings is 2. The van der Waals surface area contributed by atoms with Gasteiger partial charge in [0.1, 0.15) is 10.6 Å². The zero-order valence-corrected chi connectivity index (χ0v) is 18.0. The van der Waals surface area contributed by atoms with Crippen molar-refractivity contribution in [2.24, 2.45) is 0 Å². The van der Waals surface area contributed by atoms with Crippen molar-refractivity contribution >= 4 is 40.0 Å². The Morgan fingerprint density at radius 1 is 1.07 bits per heavy atom. The molecule has 2 aromatic carbocycles. The fourth-order valence-corrected chi connectivity index (χ4v) is 3.86. The number of nitrogens with one attached hydrogen (secondary N) is 1. The highest BCUT2D eigenvalue weighted by atomic mass is 32.1. The maximum Gasteiger partial charge on any atom is 0.341 e. The van der Waals surface area contributed by atoms with Crippen LogP contribution in [-0.4, -0.2) is 32.6 Å². The summed E-state index contributed by atoms with van der Waals surface area (Å²) in [5.41, 5.74) is 4.02. The highest BCUT2D eigenvalue weighted by molar-refractivity contribution is 7.15. The number of carbonyl (C=O) groups is 2. The summed E-state index contributed by atoms with van der Waals surface area (Å²) in [6.07, 6.45) is 3.20. The van der Waals surface area contributed by atoms with Gasteiger partial charge in [-0.15, -0.1) is 11.3 Å². The van der Waals surface area contributed by atoms with E-state index in [4.69, 9.17) is 4.74 Å². The molecule has 0 saturated heterocycles. The van der Waals surface area contributed by atoms with Crippen LogP contribution in [0.5, 0.6) is 0 Å². The number of carbonyl (C=O) groups excluding carboxylic acids is 2. The lowest BCUT2D eigenvalue weighted by Crippen LogP contribution is -2.12. The molecule has 1 heterocycles. The lowest BCUT2D eigenvalue weighted by molar-refractivity contribution is -0.111. The molecule has 154 valence electrons. The third-order valence-corrected chi connectivity index (χ3v) is 5.32. The Bertz CT molecular complexity index is 1040. The van der Waals surface area contributed by atoms with Gasteiger partial charge in [-0.1, -0.05) is 42.5 Å². The highest BCUT2D eigenvalue weighted by Gasteiger charge is 2.22. The van der Waals surface area contributed by atoms with Gasteiger partial charge in [0.05, 0.1) is 6.61 Å². The van der Waals surface area contributed by atoms with E-state index < -0.39 is 5.97 Å². The number of ether oxygens (including phenoxy) is 1. The maximum absolute atomic E-state index is 12.6. The molecular formula is C24H24N2O3S. The molecule has 0 bridgehead atoms. The van der Waals surface area contributed by atoms with Gasteiger partial charge in [0, 0.05) is 36.8 Å². The Balaban J connectivity index is 1.80. The minimum absolute atomic E-state index is 0.263. The third-order valence-electron chi connectivity index (χ3n) is 4.43. The molecule has 0 aliphatic carbocycles. The van der Waals surface area contributed by atoms with E-state index in [2.05, 4.69) is 5.32 Å². The van der Waals surface area contributed by atoms with E-state index in [1.807, 2.05) is 79.0 Å². The maximum atomic E-state index is 12.6. The van der Waals surface area contributed by atoms with Crippen molar-refractivity contribution in [2.75, 3.05) is 30.9 Å². The summed E-state index contributed by atoms with van der Waals surface area (Å²) < 4.78 is 5.22. The van der Waals surface area contributed by atoms with E-state index in [1.165, 1.54) is 17.4 Å². The van der Waals surface area contributed by atoms with Crippen LogP contribution < -0.4 is 10.2 Å². The first-order valence-corrected chi connectivity index (χ1v) is 10.5. The van der Waals surface area contributed by atoms with Crippen molar-refractivity contribution in [2.45, 2.75) is 6.92 Å². The molecule has 5 nitrogen and oxygen atoms in total. The summed E-state index contributed by atoms with van der Waals surface area (Å²) in [7, 11) is 3.95. The molecule has 0 unspecified atom stereocenters. The number of hydrogen-bond donors (Lipinski definition) is 1. The summed E-state index contributed by atoms with van der Waals surface area (Å²) in [4.78, 5) is 27.1. The molecule has 0 fully saturated rings. The number of amides is 1. The molecule has 30 heavy (non-hydrogen) atoms. The topological polar surface area (TPSA) is 58.6 Å². The van der Waals surface area contributed by atoms with Gasteiger partial charge in [0.25, 0.3) is 0 Å². The van der Waals surface area contributed by atoms with E-state index in [9.17, 15) is 9.59 Å². The molecule has 3 aromatic rings. The number of nitrogens with zero attached hydrogens (tertiary/aromatic N) is 1. The molecule has 0 saturated carbocycles. The van der Waals surface area contributed by atoms with Gasteiger partial charge in [-0.25, -0.2) is 4.79 Å². The SMILES string of the molecule is CCOC(=O)c1c(-c2ccccc2)csc1NC(=O)/C=C/c1ccc(N(C)C)cc1. The van der Waals surface area contributed by atoms with Crippen molar-refractivity contribution in [3.05, 3.63) is 77.2 Å². The quantitative estimate of drug-likeness (QED) is 0.416.